The van der Waals surface area contributed by atoms with Crippen molar-refractivity contribution in [2.45, 2.75) is 19.5 Å². The van der Waals surface area contributed by atoms with Gasteiger partial charge in [-0.05, 0) is 36.8 Å². The predicted molar refractivity (Wildman–Crippen MR) is 114 cm³/mol. The third kappa shape index (κ3) is 4.03. The minimum absolute atomic E-state index is 0.0700. The molecule has 0 saturated carbocycles. The van der Waals surface area contributed by atoms with Gasteiger partial charge in [0.25, 0.3) is 5.91 Å². The fraction of sp³-hybridized carbons (Fsp3) is 0.217. The number of benzene rings is 2. The Bertz CT molecular complexity index is 1110. The molecule has 1 aromatic heterocycles. The van der Waals surface area contributed by atoms with Gasteiger partial charge in [0.1, 0.15) is 18.2 Å². The van der Waals surface area contributed by atoms with E-state index in [1.165, 1.54) is 13.2 Å². The number of amides is 1. The molecule has 0 saturated heterocycles. The van der Waals surface area contributed by atoms with Crippen molar-refractivity contribution in [1.82, 2.24) is 9.88 Å². The van der Waals surface area contributed by atoms with Gasteiger partial charge in [0.15, 0.2) is 0 Å². The second-order valence-corrected chi connectivity index (χ2v) is 7.98. The molecule has 0 bridgehead atoms. The van der Waals surface area contributed by atoms with Crippen LogP contribution in [0.4, 0.5) is 4.39 Å². The van der Waals surface area contributed by atoms with Crippen LogP contribution >= 0.6 is 15.9 Å². The van der Waals surface area contributed by atoms with E-state index in [9.17, 15) is 9.18 Å². The number of carbonyl (C=O) groups is 1. The predicted octanol–water partition coefficient (Wildman–Crippen LogP) is 5.08. The number of nitrogens with zero attached hydrogens (tertiary/aromatic N) is 2. The minimum atomic E-state index is -0.628. The van der Waals surface area contributed by atoms with Gasteiger partial charge in [-0.25, -0.2) is 9.37 Å². The smallest absolute Gasteiger partial charge is 0.255 e. The van der Waals surface area contributed by atoms with Crippen LogP contribution in [0.1, 0.15) is 33.2 Å². The van der Waals surface area contributed by atoms with E-state index >= 15 is 0 Å². The molecular weight excluding hydrogens is 451 g/mol. The van der Waals surface area contributed by atoms with Crippen molar-refractivity contribution < 1.29 is 18.7 Å². The first-order chi connectivity index (χ1) is 14.5. The van der Waals surface area contributed by atoms with Crippen LogP contribution in [-0.2, 0) is 6.54 Å². The van der Waals surface area contributed by atoms with Gasteiger partial charge >= 0.3 is 0 Å². The van der Waals surface area contributed by atoms with Gasteiger partial charge in [0.05, 0.1) is 13.2 Å². The number of hydrogen-bond donors (Lipinski definition) is 0. The summed E-state index contributed by atoms with van der Waals surface area (Å²) in [4.78, 5) is 19.1. The van der Waals surface area contributed by atoms with Gasteiger partial charge in [0.2, 0.25) is 5.88 Å². The van der Waals surface area contributed by atoms with Crippen LogP contribution in [-0.4, -0.2) is 29.5 Å². The molecule has 4 rings (SSSR count). The zero-order valence-electron chi connectivity index (χ0n) is 16.6. The third-order valence-corrected chi connectivity index (χ3v) is 5.59. The average Bonchev–Trinajstić information content (AvgIpc) is 3.05. The lowest BCUT2D eigenvalue weighted by atomic mass is 10.0. The van der Waals surface area contributed by atoms with Gasteiger partial charge in [-0.1, -0.05) is 34.1 Å². The number of pyridine rings is 1. The largest absolute Gasteiger partial charge is 0.497 e. The van der Waals surface area contributed by atoms with Crippen molar-refractivity contribution in [3.63, 3.8) is 0 Å². The highest BCUT2D eigenvalue weighted by atomic mass is 79.9. The summed E-state index contributed by atoms with van der Waals surface area (Å²) < 4.78 is 26.8. The van der Waals surface area contributed by atoms with Crippen molar-refractivity contribution >= 4 is 21.8 Å². The van der Waals surface area contributed by atoms with Gasteiger partial charge in [-0.15, -0.1) is 0 Å². The van der Waals surface area contributed by atoms with Crippen LogP contribution in [0.5, 0.6) is 11.6 Å². The number of hydrogen-bond acceptors (Lipinski definition) is 4. The van der Waals surface area contributed by atoms with Gasteiger partial charge in [0, 0.05) is 40.0 Å². The number of ether oxygens (including phenoxy) is 2. The number of aryl methyl sites for hydroxylation is 1. The normalized spacial score (nSPS) is 13.9. The van der Waals surface area contributed by atoms with Crippen LogP contribution in [0.15, 0.2) is 59.1 Å². The minimum Gasteiger partial charge on any atom is -0.497 e. The lowest BCUT2D eigenvalue weighted by Crippen LogP contribution is -2.33. The van der Waals surface area contributed by atoms with Crippen molar-refractivity contribution in [3.05, 3.63) is 87.3 Å². The van der Waals surface area contributed by atoms with Gasteiger partial charge in [-0.3, -0.25) is 4.79 Å². The molecular formula is C23H20BrFN2O3. The first kappa shape index (κ1) is 20.3. The summed E-state index contributed by atoms with van der Waals surface area (Å²) in [6.07, 6.45) is 0. The van der Waals surface area contributed by atoms with E-state index in [2.05, 4.69) is 20.9 Å². The molecule has 0 aliphatic carbocycles. The first-order valence-electron chi connectivity index (χ1n) is 9.45. The topological polar surface area (TPSA) is 51.7 Å². The molecule has 30 heavy (non-hydrogen) atoms. The van der Waals surface area contributed by atoms with E-state index in [0.717, 1.165) is 15.7 Å². The monoisotopic (exact) mass is 470 g/mol. The maximum Gasteiger partial charge on any atom is 0.255 e. The van der Waals surface area contributed by atoms with Gasteiger partial charge < -0.3 is 14.4 Å². The first-order valence-corrected chi connectivity index (χ1v) is 10.2. The molecule has 1 atom stereocenters. The highest BCUT2D eigenvalue weighted by Crippen LogP contribution is 2.35. The number of carbonyl (C=O) groups excluding carboxylic acids is 1. The Morgan fingerprint density at radius 3 is 2.77 bits per heavy atom. The van der Waals surface area contributed by atoms with E-state index in [1.807, 2.05) is 31.2 Å². The summed E-state index contributed by atoms with van der Waals surface area (Å²) >= 11 is 3.41. The van der Waals surface area contributed by atoms with Crippen molar-refractivity contribution in [3.8, 4) is 11.6 Å². The Labute approximate surface area is 182 Å². The van der Waals surface area contributed by atoms with E-state index < -0.39 is 11.9 Å². The molecule has 154 valence electrons. The van der Waals surface area contributed by atoms with Crippen LogP contribution in [0.3, 0.4) is 0 Å². The SMILES string of the molecule is COc1ccc(C(COc2cccc(C)n2)N2Cc3ccc(Br)cc3C2=O)c(F)c1. The molecule has 2 aromatic carbocycles. The van der Waals surface area contributed by atoms with E-state index in [1.54, 1.807) is 29.2 Å². The molecule has 0 radical (unpaired) electrons. The van der Waals surface area contributed by atoms with Crippen molar-refractivity contribution in [2.75, 3.05) is 13.7 Å². The summed E-state index contributed by atoms with van der Waals surface area (Å²) in [5, 5.41) is 0. The summed E-state index contributed by atoms with van der Waals surface area (Å²) in [6.45, 7) is 2.31. The molecule has 1 amide bonds. The second-order valence-electron chi connectivity index (χ2n) is 7.07. The third-order valence-electron chi connectivity index (χ3n) is 5.10. The number of methoxy groups -OCH3 is 1. The van der Waals surface area contributed by atoms with Crippen LogP contribution in [0.25, 0.3) is 0 Å². The van der Waals surface area contributed by atoms with Crippen LogP contribution in [0.2, 0.25) is 0 Å². The van der Waals surface area contributed by atoms with E-state index in [4.69, 9.17) is 9.47 Å². The molecule has 0 fully saturated rings. The van der Waals surface area contributed by atoms with Crippen molar-refractivity contribution in [2.24, 2.45) is 0 Å². The molecule has 5 nitrogen and oxygen atoms in total. The molecule has 0 spiro atoms. The fourth-order valence-corrected chi connectivity index (χ4v) is 3.92. The number of aromatic nitrogens is 1. The van der Waals surface area contributed by atoms with Crippen LogP contribution < -0.4 is 9.47 Å². The summed E-state index contributed by atoms with van der Waals surface area (Å²) in [6, 6.07) is 15.1. The lowest BCUT2D eigenvalue weighted by molar-refractivity contribution is 0.0627. The zero-order chi connectivity index (χ0) is 21.3. The molecule has 2 heterocycles. The molecule has 1 unspecified atom stereocenters. The number of halogens is 2. The maximum absolute atomic E-state index is 15.0. The highest BCUT2D eigenvalue weighted by Gasteiger charge is 2.35. The van der Waals surface area contributed by atoms with E-state index in [0.29, 0.717) is 29.3 Å². The summed E-state index contributed by atoms with van der Waals surface area (Å²) in [5.41, 5.74) is 2.69. The van der Waals surface area contributed by atoms with E-state index in [-0.39, 0.29) is 12.5 Å². The molecule has 1 aliphatic heterocycles. The fourth-order valence-electron chi connectivity index (χ4n) is 3.56. The lowest BCUT2D eigenvalue weighted by Gasteiger charge is -2.28. The number of rotatable bonds is 6. The van der Waals surface area contributed by atoms with Crippen molar-refractivity contribution in [1.29, 1.82) is 0 Å². The molecule has 1 aliphatic rings. The molecule has 0 N–H and O–H groups in total. The Hall–Kier alpha value is -2.93. The quantitative estimate of drug-likeness (QED) is 0.504. The Balaban J connectivity index is 1.68. The average molecular weight is 471 g/mol. The Morgan fingerprint density at radius 2 is 2.03 bits per heavy atom. The Morgan fingerprint density at radius 1 is 1.20 bits per heavy atom. The summed E-state index contributed by atoms with van der Waals surface area (Å²) in [5.74, 6) is 0.231. The summed E-state index contributed by atoms with van der Waals surface area (Å²) in [7, 11) is 1.48. The second kappa shape index (κ2) is 8.44. The zero-order valence-corrected chi connectivity index (χ0v) is 18.1. The van der Waals surface area contributed by atoms with Crippen LogP contribution in [0, 0.1) is 12.7 Å². The van der Waals surface area contributed by atoms with Gasteiger partial charge in [-0.2, -0.15) is 0 Å². The standard InChI is InChI=1S/C23H20BrFN2O3/c1-14-4-3-5-22(26-14)30-13-21(18-9-8-17(29-2)11-20(18)25)27-12-15-6-7-16(24)10-19(15)23(27)28/h3-11,21H,12-13H2,1-2H3. The Kier molecular flexibility index (Phi) is 5.72. The number of fused-ring (bicyclic) bond motifs is 1. The highest BCUT2D eigenvalue weighted by molar-refractivity contribution is 9.10. The molecule has 3 aromatic rings. The molecule has 7 heteroatoms. The maximum atomic E-state index is 15.0.